The van der Waals surface area contributed by atoms with Gasteiger partial charge in [-0.25, -0.2) is 5.01 Å². The standard InChI is InChI=1S/C10H13BrN4O2/c11-8-6-12-7-9(15(16)17)10(8)13-14-4-2-1-3-5-14/h6-7H,1-5H2,(H,12,13). The average molecular weight is 301 g/mol. The van der Waals surface area contributed by atoms with Crippen molar-refractivity contribution < 1.29 is 4.92 Å². The highest BCUT2D eigenvalue weighted by atomic mass is 79.9. The van der Waals surface area contributed by atoms with Crippen LogP contribution in [0.5, 0.6) is 0 Å². The Hall–Kier alpha value is -1.21. The monoisotopic (exact) mass is 300 g/mol. The SMILES string of the molecule is O=[N+]([O-])c1cncc(Br)c1NN1CCCCC1. The van der Waals surface area contributed by atoms with Crippen LogP contribution in [0.15, 0.2) is 16.9 Å². The van der Waals surface area contributed by atoms with Crippen molar-refractivity contribution in [3.05, 3.63) is 27.0 Å². The van der Waals surface area contributed by atoms with E-state index in [0.29, 0.717) is 10.2 Å². The lowest BCUT2D eigenvalue weighted by molar-refractivity contribution is -0.384. The Morgan fingerprint density at radius 1 is 1.35 bits per heavy atom. The van der Waals surface area contributed by atoms with Gasteiger partial charge < -0.3 is 5.43 Å². The molecule has 0 saturated carbocycles. The predicted octanol–water partition coefficient (Wildman–Crippen LogP) is 2.57. The molecule has 1 aliphatic heterocycles. The summed E-state index contributed by atoms with van der Waals surface area (Å²) in [7, 11) is 0. The van der Waals surface area contributed by atoms with Gasteiger partial charge in [-0.1, -0.05) is 6.42 Å². The Kier molecular flexibility index (Phi) is 3.90. The lowest BCUT2D eigenvalue weighted by Crippen LogP contribution is -2.35. The second-order valence-corrected chi connectivity index (χ2v) is 4.79. The minimum Gasteiger partial charge on any atom is -0.312 e. The van der Waals surface area contributed by atoms with Gasteiger partial charge in [0.1, 0.15) is 11.9 Å². The molecule has 0 amide bonds. The van der Waals surface area contributed by atoms with Gasteiger partial charge in [-0.15, -0.1) is 0 Å². The van der Waals surface area contributed by atoms with Gasteiger partial charge in [-0.3, -0.25) is 15.1 Å². The van der Waals surface area contributed by atoms with Gasteiger partial charge in [-0.2, -0.15) is 0 Å². The lowest BCUT2D eigenvalue weighted by atomic mass is 10.2. The lowest BCUT2D eigenvalue weighted by Gasteiger charge is -2.27. The van der Waals surface area contributed by atoms with Crippen LogP contribution >= 0.6 is 15.9 Å². The topological polar surface area (TPSA) is 71.3 Å². The highest BCUT2D eigenvalue weighted by Crippen LogP contribution is 2.31. The van der Waals surface area contributed by atoms with Crippen LogP contribution in [0, 0.1) is 10.1 Å². The van der Waals surface area contributed by atoms with E-state index in [1.54, 1.807) is 6.20 Å². The Morgan fingerprint density at radius 2 is 2.06 bits per heavy atom. The van der Waals surface area contributed by atoms with E-state index in [1.807, 2.05) is 5.01 Å². The molecule has 0 bridgehead atoms. The Bertz CT molecular complexity index is 421. The highest BCUT2D eigenvalue weighted by molar-refractivity contribution is 9.10. The molecule has 1 saturated heterocycles. The largest absolute Gasteiger partial charge is 0.312 e. The Morgan fingerprint density at radius 3 is 2.71 bits per heavy atom. The molecule has 0 aromatic carbocycles. The van der Waals surface area contributed by atoms with Gasteiger partial charge in [0, 0.05) is 19.3 Å². The number of pyridine rings is 1. The van der Waals surface area contributed by atoms with E-state index >= 15 is 0 Å². The zero-order chi connectivity index (χ0) is 12.3. The molecule has 1 aliphatic rings. The van der Waals surface area contributed by atoms with Gasteiger partial charge in [0.25, 0.3) is 0 Å². The summed E-state index contributed by atoms with van der Waals surface area (Å²) in [6, 6.07) is 0. The number of piperidine rings is 1. The fourth-order valence-electron chi connectivity index (χ4n) is 1.84. The van der Waals surface area contributed by atoms with Crippen LogP contribution in [-0.2, 0) is 0 Å². The highest BCUT2D eigenvalue weighted by Gasteiger charge is 2.20. The Balaban J connectivity index is 2.21. The number of anilines is 1. The van der Waals surface area contributed by atoms with Gasteiger partial charge in [-0.05, 0) is 28.8 Å². The number of aromatic nitrogens is 1. The molecule has 6 nitrogen and oxygen atoms in total. The minimum absolute atomic E-state index is 0.00931. The van der Waals surface area contributed by atoms with E-state index in [9.17, 15) is 10.1 Å². The first-order valence-electron chi connectivity index (χ1n) is 5.48. The van der Waals surface area contributed by atoms with E-state index in [4.69, 9.17) is 0 Å². The van der Waals surface area contributed by atoms with Crippen LogP contribution < -0.4 is 5.43 Å². The van der Waals surface area contributed by atoms with Gasteiger partial charge >= 0.3 is 5.69 Å². The van der Waals surface area contributed by atoms with Crippen LogP contribution in [0.3, 0.4) is 0 Å². The fraction of sp³-hybridized carbons (Fsp3) is 0.500. The van der Waals surface area contributed by atoms with Crippen molar-refractivity contribution in [1.82, 2.24) is 9.99 Å². The molecule has 0 atom stereocenters. The molecule has 7 heteroatoms. The third-order valence-corrected chi connectivity index (χ3v) is 3.30. The molecule has 0 unspecified atom stereocenters. The van der Waals surface area contributed by atoms with Gasteiger partial charge in [0.05, 0.1) is 9.40 Å². The molecule has 1 N–H and O–H groups in total. The predicted molar refractivity (Wildman–Crippen MR) is 67.6 cm³/mol. The van der Waals surface area contributed by atoms with E-state index in [-0.39, 0.29) is 5.69 Å². The van der Waals surface area contributed by atoms with Crippen LogP contribution in [0.2, 0.25) is 0 Å². The third-order valence-electron chi connectivity index (χ3n) is 2.70. The molecule has 0 aliphatic carbocycles. The summed E-state index contributed by atoms with van der Waals surface area (Å²) in [5.74, 6) is 0. The third kappa shape index (κ3) is 2.92. The van der Waals surface area contributed by atoms with E-state index in [2.05, 4.69) is 26.3 Å². The number of hydrogen-bond donors (Lipinski definition) is 1. The first kappa shape index (κ1) is 12.3. The van der Waals surface area contributed by atoms with E-state index in [0.717, 1.165) is 25.9 Å². The minimum atomic E-state index is -0.427. The summed E-state index contributed by atoms with van der Waals surface area (Å²) < 4.78 is 0.609. The normalized spacial score (nSPS) is 16.8. The molecule has 1 aromatic rings. The van der Waals surface area contributed by atoms with Crippen molar-refractivity contribution in [2.24, 2.45) is 0 Å². The molecule has 1 aromatic heterocycles. The number of nitrogens with zero attached hydrogens (tertiary/aromatic N) is 3. The molecular formula is C10H13BrN4O2. The van der Waals surface area contributed by atoms with Crippen molar-refractivity contribution in [2.45, 2.75) is 19.3 Å². The second-order valence-electron chi connectivity index (χ2n) is 3.93. The molecule has 17 heavy (non-hydrogen) atoms. The smallest absolute Gasteiger partial charge is 0.312 e. The van der Waals surface area contributed by atoms with E-state index < -0.39 is 4.92 Å². The summed E-state index contributed by atoms with van der Waals surface area (Å²) >= 11 is 3.29. The summed E-state index contributed by atoms with van der Waals surface area (Å²) in [5, 5.41) is 12.9. The zero-order valence-electron chi connectivity index (χ0n) is 9.23. The maximum Gasteiger partial charge on any atom is 0.312 e. The van der Waals surface area contributed by atoms with Crippen molar-refractivity contribution in [3.63, 3.8) is 0 Å². The molecular weight excluding hydrogens is 288 g/mol. The molecule has 0 spiro atoms. The van der Waals surface area contributed by atoms with Gasteiger partial charge in [0.15, 0.2) is 0 Å². The van der Waals surface area contributed by atoms with Crippen molar-refractivity contribution in [1.29, 1.82) is 0 Å². The quantitative estimate of drug-likeness (QED) is 0.686. The van der Waals surface area contributed by atoms with Crippen molar-refractivity contribution >= 4 is 27.3 Å². The summed E-state index contributed by atoms with van der Waals surface area (Å²) in [5.41, 5.74) is 3.57. The number of halogens is 1. The number of nitro groups is 1. The molecule has 92 valence electrons. The average Bonchev–Trinajstić information content (AvgIpc) is 2.33. The molecule has 2 heterocycles. The summed E-state index contributed by atoms with van der Waals surface area (Å²) in [6.07, 6.45) is 6.26. The first-order chi connectivity index (χ1) is 8.18. The molecule has 1 fully saturated rings. The van der Waals surface area contributed by atoms with Crippen LogP contribution in [0.25, 0.3) is 0 Å². The number of hydrazine groups is 1. The maximum absolute atomic E-state index is 10.9. The number of nitrogens with one attached hydrogen (secondary N) is 1. The molecule has 0 radical (unpaired) electrons. The van der Waals surface area contributed by atoms with Crippen LogP contribution in [0.4, 0.5) is 11.4 Å². The molecule has 2 rings (SSSR count). The summed E-state index contributed by atoms with van der Waals surface area (Å²) in [4.78, 5) is 14.3. The maximum atomic E-state index is 10.9. The van der Waals surface area contributed by atoms with Crippen LogP contribution in [-0.4, -0.2) is 28.0 Å². The zero-order valence-corrected chi connectivity index (χ0v) is 10.8. The Labute approximate surface area is 107 Å². The second kappa shape index (κ2) is 5.42. The summed E-state index contributed by atoms with van der Waals surface area (Å²) in [6.45, 7) is 1.82. The van der Waals surface area contributed by atoms with E-state index in [1.165, 1.54) is 12.6 Å². The number of hydrogen-bond acceptors (Lipinski definition) is 5. The first-order valence-corrected chi connectivity index (χ1v) is 6.27. The fourth-order valence-corrected chi connectivity index (χ4v) is 2.25. The van der Waals surface area contributed by atoms with Crippen molar-refractivity contribution in [3.8, 4) is 0 Å². The van der Waals surface area contributed by atoms with Gasteiger partial charge in [0.2, 0.25) is 0 Å². The van der Waals surface area contributed by atoms with Crippen molar-refractivity contribution in [2.75, 3.05) is 18.5 Å². The number of rotatable bonds is 3. The van der Waals surface area contributed by atoms with Crippen LogP contribution in [0.1, 0.15) is 19.3 Å².